The highest BCUT2D eigenvalue weighted by atomic mass is 19.3. The van der Waals surface area contributed by atoms with E-state index in [0.29, 0.717) is 61.8 Å². The van der Waals surface area contributed by atoms with Gasteiger partial charge in [-0.1, -0.05) is 102 Å². The van der Waals surface area contributed by atoms with E-state index in [-0.39, 0.29) is 47.9 Å². The van der Waals surface area contributed by atoms with E-state index in [2.05, 4.69) is 25.5 Å². The van der Waals surface area contributed by atoms with Gasteiger partial charge in [0.1, 0.15) is 23.4 Å². The highest BCUT2D eigenvalue weighted by Gasteiger charge is 2.47. The molecule has 0 amide bonds. The van der Waals surface area contributed by atoms with Gasteiger partial charge >= 0.3 is 24.3 Å². The van der Waals surface area contributed by atoms with Crippen LogP contribution in [-0.4, -0.2) is 30.4 Å². The number of halogens is 9. The Hall–Kier alpha value is -4.10. The fourth-order valence-electron chi connectivity index (χ4n) is 13.5. The highest BCUT2D eigenvalue weighted by Crippen LogP contribution is 2.46. The van der Waals surface area contributed by atoms with Crippen LogP contribution in [-0.2, 0) is 9.53 Å². The topological polar surface area (TPSA) is 54.0 Å². The molecule has 0 atom stereocenters. The van der Waals surface area contributed by atoms with Crippen molar-refractivity contribution in [1.82, 2.24) is 0 Å². The molecule has 0 N–H and O–H groups in total. The summed E-state index contributed by atoms with van der Waals surface area (Å²) in [6, 6.07) is 13.1. The zero-order valence-electron chi connectivity index (χ0n) is 48.5. The smallest absolute Gasteiger partial charge is 0.400 e. The van der Waals surface area contributed by atoms with Gasteiger partial charge in [-0.05, 0) is 213 Å². The van der Waals surface area contributed by atoms with Crippen LogP contribution in [0.2, 0.25) is 0 Å². The molecule has 0 saturated heterocycles. The van der Waals surface area contributed by atoms with E-state index in [9.17, 15) is 44.3 Å². The van der Waals surface area contributed by atoms with Crippen LogP contribution in [0.4, 0.5) is 39.5 Å². The summed E-state index contributed by atoms with van der Waals surface area (Å²) in [7, 11) is 0. The maximum atomic E-state index is 14.5. The Morgan fingerprint density at radius 2 is 0.812 bits per heavy atom. The predicted molar refractivity (Wildman–Crippen MR) is 295 cm³/mol. The Bertz CT molecular complexity index is 2350. The Morgan fingerprint density at radius 3 is 1.26 bits per heavy atom. The molecule has 5 nitrogen and oxygen atoms in total. The van der Waals surface area contributed by atoms with E-state index in [1.807, 2.05) is 19.1 Å². The first-order valence-electron chi connectivity index (χ1n) is 30.6. The van der Waals surface area contributed by atoms with Crippen molar-refractivity contribution in [3.8, 4) is 17.2 Å². The molecule has 6 saturated carbocycles. The van der Waals surface area contributed by atoms with Gasteiger partial charge in [0.25, 0.3) is 0 Å². The van der Waals surface area contributed by atoms with Gasteiger partial charge in [0, 0.05) is 6.07 Å². The molecule has 0 radical (unpaired) electrons. The minimum Gasteiger partial charge on any atom is -0.462 e. The SMILES string of the molecule is Cc1ccc(OC(F)(F)C2CCC(CC3CCC(C)CC3)CC2)cc1.Cc1ccc(OC(F)(F)C2CCC(CC3CCC(C)CC3)CC2)cc1F.Cc1ccc(OC(F)(F)C2CCC(OC(=O)C3CCC(C)CC3)CC2)c(F)c1F. The summed E-state index contributed by atoms with van der Waals surface area (Å²) in [5.41, 5.74) is 1.50. The van der Waals surface area contributed by atoms with Crippen molar-refractivity contribution in [2.24, 2.45) is 65.1 Å². The zero-order valence-corrected chi connectivity index (χ0v) is 48.5. The minimum atomic E-state index is -3.63. The summed E-state index contributed by atoms with van der Waals surface area (Å²) in [6.45, 7) is 11.7. The maximum absolute atomic E-state index is 14.5. The van der Waals surface area contributed by atoms with Crippen molar-refractivity contribution in [1.29, 1.82) is 0 Å². The molecule has 0 aliphatic heterocycles. The van der Waals surface area contributed by atoms with Crippen molar-refractivity contribution in [3.63, 3.8) is 0 Å². The Balaban J connectivity index is 0.000000174. The molecular weight excluding hydrogens is 1040 g/mol. The maximum Gasteiger partial charge on any atom is 0.400 e. The van der Waals surface area contributed by atoms with Crippen LogP contribution in [0, 0.1) is 103 Å². The van der Waals surface area contributed by atoms with E-state index >= 15 is 0 Å². The number of carbonyl (C=O) groups is 1. The van der Waals surface area contributed by atoms with Crippen molar-refractivity contribution in [2.75, 3.05) is 0 Å². The second kappa shape index (κ2) is 28.9. The molecule has 14 heteroatoms. The van der Waals surface area contributed by atoms with E-state index < -0.39 is 59.3 Å². The third-order valence-electron chi connectivity index (χ3n) is 19.2. The molecule has 0 aromatic heterocycles. The number of esters is 1. The fraction of sp³-hybridized carbons (Fsp3) is 0.712. The first-order chi connectivity index (χ1) is 37.9. The molecule has 6 aliphatic rings. The van der Waals surface area contributed by atoms with Gasteiger partial charge in [0.2, 0.25) is 5.82 Å². The average Bonchev–Trinajstić information content (AvgIpc) is 3.43. The Labute approximate surface area is 471 Å². The number of ether oxygens (including phenoxy) is 4. The lowest BCUT2D eigenvalue weighted by molar-refractivity contribution is -0.227. The summed E-state index contributed by atoms with van der Waals surface area (Å²) in [5, 5.41) is 0. The molecule has 0 heterocycles. The minimum absolute atomic E-state index is 0.0212. The number of carbonyl (C=O) groups excluding carboxylic acids is 1. The number of hydrogen-bond donors (Lipinski definition) is 0. The third-order valence-corrected chi connectivity index (χ3v) is 19.2. The van der Waals surface area contributed by atoms with E-state index in [1.165, 1.54) is 89.3 Å². The number of alkyl halides is 6. The van der Waals surface area contributed by atoms with Crippen LogP contribution in [0.5, 0.6) is 17.2 Å². The van der Waals surface area contributed by atoms with Gasteiger partial charge in [0.15, 0.2) is 11.6 Å². The first-order valence-corrected chi connectivity index (χ1v) is 30.6. The molecule has 6 fully saturated rings. The Morgan fingerprint density at radius 1 is 0.438 bits per heavy atom. The van der Waals surface area contributed by atoms with Gasteiger partial charge in [-0.25, -0.2) is 8.78 Å². The van der Waals surface area contributed by atoms with E-state index in [0.717, 1.165) is 92.7 Å². The van der Waals surface area contributed by atoms with Crippen LogP contribution < -0.4 is 14.2 Å². The lowest BCUT2D eigenvalue weighted by Gasteiger charge is -2.35. The summed E-state index contributed by atoms with van der Waals surface area (Å²) in [6.07, 6.45) is 13.0. The summed E-state index contributed by atoms with van der Waals surface area (Å²) in [5.74, 6) is -1.37. The van der Waals surface area contributed by atoms with Crippen LogP contribution >= 0.6 is 0 Å². The monoisotopic (exact) mass is 1130 g/mol. The van der Waals surface area contributed by atoms with Crippen LogP contribution in [0.1, 0.15) is 204 Å². The van der Waals surface area contributed by atoms with Crippen molar-refractivity contribution < 1.29 is 63.3 Å². The van der Waals surface area contributed by atoms with Crippen LogP contribution in [0.15, 0.2) is 54.6 Å². The molecule has 9 rings (SSSR count). The highest BCUT2D eigenvalue weighted by molar-refractivity contribution is 5.72. The molecule has 6 aliphatic carbocycles. The number of rotatable bonds is 15. The number of aryl methyl sites for hydroxylation is 3. The quantitative estimate of drug-likeness (QED) is 0.112. The van der Waals surface area contributed by atoms with Gasteiger partial charge in [-0.15, -0.1) is 0 Å². The second-order valence-electron chi connectivity index (χ2n) is 25.8. The summed E-state index contributed by atoms with van der Waals surface area (Å²) < 4.78 is 148. The summed E-state index contributed by atoms with van der Waals surface area (Å²) >= 11 is 0. The molecule has 0 spiro atoms. The normalized spacial score (nSPS) is 29.6. The van der Waals surface area contributed by atoms with Crippen molar-refractivity contribution in [2.45, 2.75) is 233 Å². The lowest BCUT2D eigenvalue weighted by Crippen LogP contribution is -2.39. The average molecular weight is 1140 g/mol. The van der Waals surface area contributed by atoms with Gasteiger partial charge in [-0.3, -0.25) is 4.79 Å². The van der Waals surface area contributed by atoms with Crippen molar-refractivity contribution >= 4 is 5.97 Å². The number of hydrogen-bond acceptors (Lipinski definition) is 5. The Kier molecular flexibility index (Phi) is 23.0. The summed E-state index contributed by atoms with van der Waals surface area (Å²) in [4.78, 5) is 12.3. The van der Waals surface area contributed by atoms with Crippen LogP contribution in [0.3, 0.4) is 0 Å². The standard InChI is InChI=1S/C22H28F4O3.C22H31F3O.C22H32F2O/c1-13-3-6-15(7-4-13)21(27)28-17-10-8-16(9-11-17)22(25,26)29-18-12-5-14(2)19(23)20(18)24;1-15-3-6-17(7-4-15)13-18-8-10-19(11-9-18)22(24,25)26-20-12-5-16(2)21(23)14-20;1-16-3-7-18(8-4-16)15-19-9-11-20(12-10-19)22(23,24)25-21-13-5-17(2)6-14-21/h5,12-13,15-17H,3-4,6-11H2,1-2H3;5,12,14-15,17-19H,3-4,6-11,13H2,1-2H3;5-6,13-14,16,18-20H,3-4,7-12,15H2,1-2H3. The lowest BCUT2D eigenvalue weighted by atomic mass is 9.73. The molecule has 448 valence electrons. The third kappa shape index (κ3) is 18.7. The van der Waals surface area contributed by atoms with Gasteiger partial charge in [0.05, 0.1) is 23.7 Å². The first kappa shape index (κ1) is 63.5. The fourth-order valence-corrected chi connectivity index (χ4v) is 13.5. The van der Waals surface area contributed by atoms with Gasteiger partial charge < -0.3 is 18.9 Å². The predicted octanol–water partition coefficient (Wildman–Crippen LogP) is 20.3. The molecule has 3 aromatic carbocycles. The van der Waals surface area contributed by atoms with Crippen LogP contribution in [0.25, 0.3) is 0 Å². The number of benzene rings is 3. The molecule has 3 aromatic rings. The largest absolute Gasteiger partial charge is 0.462 e. The molecule has 80 heavy (non-hydrogen) atoms. The molecule has 0 unspecified atom stereocenters. The second-order valence-corrected chi connectivity index (χ2v) is 25.8. The van der Waals surface area contributed by atoms with Crippen molar-refractivity contribution in [3.05, 3.63) is 88.7 Å². The molecule has 0 bridgehead atoms. The van der Waals surface area contributed by atoms with E-state index in [1.54, 1.807) is 19.1 Å². The zero-order chi connectivity index (χ0) is 57.8. The van der Waals surface area contributed by atoms with Gasteiger partial charge in [-0.2, -0.15) is 30.7 Å². The molecular formula is C66H91F9O5. The van der Waals surface area contributed by atoms with E-state index in [4.69, 9.17) is 14.2 Å².